The smallest absolute Gasteiger partial charge is 0.141 e. The Morgan fingerprint density at radius 1 is 1.04 bits per heavy atom. The van der Waals surface area contributed by atoms with E-state index in [-0.39, 0.29) is 11.8 Å². The highest BCUT2D eigenvalue weighted by Crippen LogP contribution is 2.35. The van der Waals surface area contributed by atoms with Crippen molar-refractivity contribution in [3.63, 3.8) is 0 Å². The Labute approximate surface area is 173 Å². The van der Waals surface area contributed by atoms with Crippen LogP contribution in [0.15, 0.2) is 0 Å². The number of rotatable bonds is 7. The van der Waals surface area contributed by atoms with Crippen LogP contribution in [0.5, 0.6) is 0 Å². The van der Waals surface area contributed by atoms with Gasteiger partial charge in [0.1, 0.15) is 5.78 Å². The van der Waals surface area contributed by atoms with Gasteiger partial charge in [0.05, 0.1) is 12.7 Å². The van der Waals surface area contributed by atoms with Gasteiger partial charge in [-0.05, 0) is 56.5 Å². The van der Waals surface area contributed by atoms with E-state index in [1.54, 1.807) is 0 Å². The zero-order valence-electron chi connectivity index (χ0n) is 19.0. The summed E-state index contributed by atoms with van der Waals surface area (Å²) in [5, 5.41) is 0. The van der Waals surface area contributed by atoms with Crippen molar-refractivity contribution in [1.29, 1.82) is 0 Å². The van der Waals surface area contributed by atoms with Gasteiger partial charge in [-0.3, -0.25) is 9.69 Å². The molecule has 0 aromatic carbocycles. The van der Waals surface area contributed by atoms with E-state index in [9.17, 15) is 4.79 Å². The van der Waals surface area contributed by atoms with E-state index in [4.69, 9.17) is 4.74 Å². The molecule has 1 aliphatic carbocycles. The van der Waals surface area contributed by atoms with E-state index in [0.29, 0.717) is 29.8 Å². The summed E-state index contributed by atoms with van der Waals surface area (Å²) in [5.41, 5.74) is 0. The zero-order valence-corrected chi connectivity index (χ0v) is 19.0. The fraction of sp³-hybridized carbons (Fsp3) is 0.958. The maximum atomic E-state index is 12.2. The lowest BCUT2D eigenvalue weighted by Crippen LogP contribution is -2.52. The van der Waals surface area contributed by atoms with Crippen LogP contribution in [0.25, 0.3) is 0 Å². The number of hydrogen-bond donors (Lipinski definition) is 0. The minimum Gasteiger partial charge on any atom is -0.376 e. The van der Waals surface area contributed by atoms with E-state index in [1.165, 1.54) is 45.2 Å². The fourth-order valence-electron chi connectivity index (χ4n) is 5.88. The Bertz CT molecular complexity index is 489. The number of ether oxygens (including phenoxy) is 1. The molecule has 2 saturated heterocycles. The van der Waals surface area contributed by atoms with Crippen molar-refractivity contribution in [1.82, 2.24) is 9.80 Å². The van der Waals surface area contributed by atoms with Crippen molar-refractivity contribution in [3.05, 3.63) is 0 Å². The van der Waals surface area contributed by atoms with Gasteiger partial charge in [-0.25, -0.2) is 0 Å². The summed E-state index contributed by atoms with van der Waals surface area (Å²) in [7, 11) is 0. The molecule has 0 bridgehead atoms. The van der Waals surface area contributed by atoms with Gasteiger partial charge < -0.3 is 9.64 Å². The summed E-state index contributed by atoms with van der Waals surface area (Å²) in [6.45, 7) is 17.5. The number of Topliss-reactive ketones (excluding diaryl/α,β-unsaturated/α-hetero) is 1. The largest absolute Gasteiger partial charge is 0.376 e. The average molecular weight is 393 g/mol. The molecular weight excluding hydrogens is 348 g/mol. The summed E-state index contributed by atoms with van der Waals surface area (Å²) in [5.74, 6) is 3.00. The Hall–Kier alpha value is -0.450. The maximum absolute atomic E-state index is 12.2. The first-order chi connectivity index (χ1) is 13.3. The predicted molar refractivity (Wildman–Crippen MR) is 115 cm³/mol. The second kappa shape index (κ2) is 10.0. The van der Waals surface area contributed by atoms with Crippen LogP contribution in [0.4, 0.5) is 0 Å². The molecule has 0 amide bonds. The maximum Gasteiger partial charge on any atom is 0.141 e. The molecule has 0 aromatic heterocycles. The summed E-state index contributed by atoms with van der Waals surface area (Å²) < 4.78 is 6.68. The first kappa shape index (κ1) is 22.2. The fourth-order valence-corrected chi connectivity index (χ4v) is 5.88. The Balaban J connectivity index is 1.61. The third-order valence-electron chi connectivity index (χ3n) is 7.63. The standard InChI is InChI=1S/C24H44N2O2/c1-17(2)22-9-8-18(3)12-23(22)28-16-21(26-10-6-7-11-26)15-25-13-19(4)24(27)20(5)14-25/h17-23H,6-16H2,1-5H3. The third-order valence-corrected chi connectivity index (χ3v) is 7.63. The molecule has 4 heteroatoms. The quantitative estimate of drug-likeness (QED) is 0.653. The third kappa shape index (κ3) is 5.58. The van der Waals surface area contributed by atoms with Crippen molar-refractivity contribution >= 4 is 5.78 Å². The summed E-state index contributed by atoms with van der Waals surface area (Å²) >= 11 is 0. The van der Waals surface area contributed by atoms with Gasteiger partial charge in [0.15, 0.2) is 0 Å². The minimum atomic E-state index is 0.174. The molecule has 28 heavy (non-hydrogen) atoms. The molecule has 3 aliphatic rings. The second-order valence-electron chi connectivity index (χ2n) is 10.5. The molecule has 3 fully saturated rings. The highest BCUT2D eigenvalue weighted by atomic mass is 16.5. The Kier molecular flexibility index (Phi) is 7.97. The van der Waals surface area contributed by atoms with Crippen LogP contribution in [0.1, 0.15) is 66.7 Å². The Morgan fingerprint density at radius 2 is 1.68 bits per heavy atom. The molecule has 4 nitrogen and oxygen atoms in total. The van der Waals surface area contributed by atoms with E-state index in [1.807, 2.05) is 0 Å². The van der Waals surface area contributed by atoms with Crippen LogP contribution in [-0.2, 0) is 9.53 Å². The Morgan fingerprint density at radius 3 is 2.29 bits per heavy atom. The van der Waals surface area contributed by atoms with E-state index >= 15 is 0 Å². The van der Waals surface area contributed by atoms with E-state index < -0.39 is 0 Å². The monoisotopic (exact) mass is 392 g/mol. The van der Waals surface area contributed by atoms with Gasteiger partial charge in [0.2, 0.25) is 0 Å². The molecule has 162 valence electrons. The number of piperidine rings is 1. The number of nitrogens with zero attached hydrogens (tertiary/aromatic N) is 2. The van der Waals surface area contributed by atoms with Gasteiger partial charge >= 0.3 is 0 Å². The van der Waals surface area contributed by atoms with Gasteiger partial charge in [0.25, 0.3) is 0 Å². The van der Waals surface area contributed by atoms with Gasteiger partial charge in [-0.2, -0.15) is 0 Å². The lowest BCUT2D eigenvalue weighted by atomic mass is 9.75. The molecule has 2 aliphatic heterocycles. The molecule has 0 radical (unpaired) electrons. The van der Waals surface area contributed by atoms with Crippen LogP contribution in [0.2, 0.25) is 0 Å². The number of hydrogen-bond acceptors (Lipinski definition) is 4. The van der Waals surface area contributed by atoms with Crippen LogP contribution in [0.3, 0.4) is 0 Å². The molecule has 0 N–H and O–H groups in total. The highest BCUT2D eigenvalue weighted by molar-refractivity contribution is 5.83. The minimum absolute atomic E-state index is 0.174. The van der Waals surface area contributed by atoms with Crippen LogP contribution < -0.4 is 0 Å². The first-order valence-corrected chi connectivity index (χ1v) is 12.0. The van der Waals surface area contributed by atoms with Crippen molar-refractivity contribution < 1.29 is 9.53 Å². The molecule has 6 unspecified atom stereocenters. The molecule has 0 spiro atoms. The van der Waals surface area contributed by atoms with Crippen LogP contribution in [-0.4, -0.2) is 67.1 Å². The number of carbonyl (C=O) groups is 1. The zero-order chi connectivity index (χ0) is 20.3. The topological polar surface area (TPSA) is 32.8 Å². The summed E-state index contributed by atoms with van der Waals surface area (Å²) in [6.07, 6.45) is 6.96. The number of ketones is 1. The van der Waals surface area contributed by atoms with Gasteiger partial charge in [-0.15, -0.1) is 0 Å². The molecule has 2 heterocycles. The van der Waals surface area contributed by atoms with Crippen molar-refractivity contribution in [2.24, 2.45) is 29.6 Å². The van der Waals surface area contributed by atoms with E-state index in [2.05, 4.69) is 44.4 Å². The lowest BCUT2D eigenvalue weighted by molar-refractivity contribution is -0.130. The van der Waals surface area contributed by atoms with E-state index in [0.717, 1.165) is 32.2 Å². The normalized spacial score (nSPS) is 36.9. The molecule has 6 atom stereocenters. The van der Waals surface area contributed by atoms with Gasteiger partial charge in [0, 0.05) is 37.5 Å². The summed E-state index contributed by atoms with van der Waals surface area (Å²) in [4.78, 5) is 17.4. The second-order valence-corrected chi connectivity index (χ2v) is 10.5. The lowest BCUT2D eigenvalue weighted by Gasteiger charge is -2.41. The molecule has 3 rings (SSSR count). The van der Waals surface area contributed by atoms with Crippen molar-refractivity contribution in [2.45, 2.75) is 78.9 Å². The van der Waals surface area contributed by atoms with Crippen molar-refractivity contribution in [2.75, 3.05) is 39.3 Å². The molecular formula is C24H44N2O2. The highest BCUT2D eigenvalue weighted by Gasteiger charge is 2.35. The average Bonchev–Trinajstić information content (AvgIpc) is 3.17. The number of likely N-dealkylation sites (tertiary alicyclic amines) is 2. The predicted octanol–water partition coefficient (Wildman–Crippen LogP) is 4.09. The molecule has 1 saturated carbocycles. The first-order valence-electron chi connectivity index (χ1n) is 12.0. The van der Waals surface area contributed by atoms with Crippen molar-refractivity contribution in [3.8, 4) is 0 Å². The van der Waals surface area contributed by atoms with Crippen LogP contribution in [0, 0.1) is 29.6 Å². The molecule has 0 aromatic rings. The van der Waals surface area contributed by atoms with Gasteiger partial charge in [-0.1, -0.05) is 41.0 Å². The summed E-state index contributed by atoms with van der Waals surface area (Å²) in [6, 6.07) is 0.472. The van der Waals surface area contributed by atoms with Crippen LogP contribution >= 0.6 is 0 Å². The number of carbonyl (C=O) groups excluding carboxylic acids is 1. The SMILES string of the molecule is CC1CCC(C(C)C)C(OCC(CN2CC(C)C(=O)C(C)C2)N2CCCC2)C1.